The van der Waals surface area contributed by atoms with Gasteiger partial charge in [0.15, 0.2) is 0 Å². The molecule has 1 aliphatic carbocycles. The first-order chi connectivity index (χ1) is 7.33. The van der Waals surface area contributed by atoms with Crippen molar-refractivity contribution in [1.29, 1.82) is 0 Å². The second kappa shape index (κ2) is 3.53. The van der Waals surface area contributed by atoms with Crippen LogP contribution in [0.4, 0.5) is 5.69 Å². The van der Waals surface area contributed by atoms with E-state index in [2.05, 4.69) is 35.5 Å². The summed E-state index contributed by atoms with van der Waals surface area (Å²) in [7, 11) is 2.17. The Bertz CT molecular complexity index is 369. The van der Waals surface area contributed by atoms with Crippen molar-refractivity contribution < 1.29 is 0 Å². The molecule has 15 heavy (non-hydrogen) atoms. The number of hydrogen-bond acceptors (Lipinski definition) is 2. The highest BCUT2D eigenvalue weighted by Gasteiger charge is 2.20. The molecule has 0 saturated heterocycles. The van der Waals surface area contributed by atoms with E-state index in [1.807, 2.05) is 0 Å². The van der Waals surface area contributed by atoms with E-state index in [4.69, 9.17) is 0 Å². The Morgan fingerprint density at radius 3 is 3.07 bits per heavy atom. The molecule has 0 atom stereocenters. The molecule has 1 heterocycles. The highest BCUT2D eigenvalue weighted by atomic mass is 15.1. The highest BCUT2D eigenvalue weighted by molar-refractivity contribution is 5.58. The number of anilines is 1. The van der Waals surface area contributed by atoms with Crippen LogP contribution in [0.5, 0.6) is 0 Å². The summed E-state index contributed by atoms with van der Waals surface area (Å²) < 4.78 is 0. The van der Waals surface area contributed by atoms with Crippen LogP contribution in [0.3, 0.4) is 0 Å². The van der Waals surface area contributed by atoms with Crippen LogP contribution in [-0.2, 0) is 13.0 Å². The monoisotopic (exact) mass is 202 g/mol. The van der Waals surface area contributed by atoms with Crippen molar-refractivity contribution in [2.24, 2.45) is 0 Å². The predicted octanol–water partition coefficient (Wildman–Crippen LogP) is 1.93. The first kappa shape index (κ1) is 9.22. The van der Waals surface area contributed by atoms with Gasteiger partial charge in [-0.25, -0.2) is 0 Å². The van der Waals surface area contributed by atoms with Gasteiger partial charge in [0.1, 0.15) is 0 Å². The number of likely N-dealkylation sites (N-methyl/N-ethyl adjacent to an activating group) is 1. The van der Waals surface area contributed by atoms with Gasteiger partial charge in [0.25, 0.3) is 0 Å². The average molecular weight is 202 g/mol. The Morgan fingerprint density at radius 1 is 1.40 bits per heavy atom. The molecule has 0 amide bonds. The van der Waals surface area contributed by atoms with Crippen molar-refractivity contribution in [3.8, 4) is 0 Å². The Balaban J connectivity index is 1.73. The quantitative estimate of drug-likeness (QED) is 0.805. The van der Waals surface area contributed by atoms with E-state index >= 15 is 0 Å². The normalized spacial score (nSPS) is 19.4. The van der Waals surface area contributed by atoms with Gasteiger partial charge in [-0.05, 0) is 36.5 Å². The van der Waals surface area contributed by atoms with Crippen molar-refractivity contribution >= 4 is 5.69 Å². The average Bonchev–Trinajstić information content (AvgIpc) is 3.01. The van der Waals surface area contributed by atoms with Gasteiger partial charge in [-0.15, -0.1) is 0 Å². The largest absolute Gasteiger partial charge is 0.374 e. The minimum absolute atomic E-state index is 0.806. The minimum Gasteiger partial charge on any atom is -0.374 e. The summed E-state index contributed by atoms with van der Waals surface area (Å²) in [6.45, 7) is 2.22. The van der Waals surface area contributed by atoms with E-state index in [1.165, 1.54) is 42.6 Å². The molecule has 1 saturated carbocycles. The molecular weight excluding hydrogens is 184 g/mol. The van der Waals surface area contributed by atoms with Crippen LogP contribution in [0.15, 0.2) is 18.2 Å². The summed E-state index contributed by atoms with van der Waals surface area (Å²) in [6, 6.07) is 7.71. The van der Waals surface area contributed by atoms with Crippen LogP contribution in [-0.4, -0.2) is 19.6 Å². The lowest BCUT2D eigenvalue weighted by Crippen LogP contribution is -2.15. The molecule has 2 heteroatoms. The molecule has 0 spiro atoms. The van der Waals surface area contributed by atoms with Gasteiger partial charge in [0.05, 0.1) is 0 Å². The molecule has 0 bridgehead atoms. The lowest BCUT2D eigenvalue weighted by molar-refractivity contribution is 0.687. The maximum Gasteiger partial charge on any atom is 0.0397 e. The fourth-order valence-corrected chi connectivity index (χ4v) is 2.28. The molecule has 1 N–H and O–H groups in total. The Hall–Kier alpha value is -1.02. The number of nitrogens with zero attached hydrogens (tertiary/aromatic N) is 1. The van der Waals surface area contributed by atoms with Crippen LogP contribution in [0.2, 0.25) is 0 Å². The van der Waals surface area contributed by atoms with Crippen molar-refractivity contribution in [3.63, 3.8) is 0 Å². The smallest absolute Gasteiger partial charge is 0.0397 e. The van der Waals surface area contributed by atoms with E-state index < -0.39 is 0 Å². The summed E-state index contributed by atoms with van der Waals surface area (Å²) in [5.74, 6) is 0. The van der Waals surface area contributed by atoms with E-state index in [9.17, 15) is 0 Å². The number of fused-ring (bicyclic) bond motifs is 1. The van der Waals surface area contributed by atoms with Gasteiger partial charge in [0, 0.05) is 31.9 Å². The molecule has 0 radical (unpaired) electrons. The molecule has 2 nitrogen and oxygen atoms in total. The zero-order valence-electron chi connectivity index (χ0n) is 9.29. The van der Waals surface area contributed by atoms with Crippen molar-refractivity contribution in [1.82, 2.24) is 5.32 Å². The van der Waals surface area contributed by atoms with Gasteiger partial charge >= 0.3 is 0 Å². The minimum atomic E-state index is 0.806. The Kier molecular flexibility index (Phi) is 2.17. The zero-order valence-corrected chi connectivity index (χ0v) is 9.29. The Labute approximate surface area is 91.3 Å². The molecule has 3 rings (SSSR count). The topological polar surface area (TPSA) is 15.3 Å². The molecule has 0 aromatic heterocycles. The fraction of sp³-hybridized carbons (Fsp3) is 0.538. The number of benzene rings is 1. The Morgan fingerprint density at radius 2 is 2.27 bits per heavy atom. The summed E-state index contributed by atoms with van der Waals surface area (Å²) in [4.78, 5) is 2.34. The summed E-state index contributed by atoms with van der Waals surface area (Å²) in [6.07, 6.45) is 3.95. The first-order valence-electron chi connectivity index (χ1n) is 5.89. The summed E-state index contributed by atoms with van der Waals surface area (Å²) >= 11 is 0. The maximum atomic E-state index is 3.56. The van der Waals surface area contributed by atoms with Crippen molar-refractivity contribution in [3.05, 3.63) is 29.3 Å². The predicted molar refractivity (Wildman–Crippen MR) is 63.3 cm³/mol. The number of nitrogens with one attached hydrogen (secondary N) is 1. The van der Waals surface area contributed by atoms with Gasteiger partial charge in [0.2, 0.25) is 0 Å². The van der Waals surface area contributed by atoms with E-state index in [1.54, 1.807) is 0 Å². The third-order valence-corrected chi connectivity index (χ3v) is 3.44. The molecular formula is C13H18N2. The second-order valence-corrected chi connectivity index (χ2v) is 4.79. The van der Waals surface area contributed by atoms with Crippen LogP contribution >= 0.6 is 0 Å². The highest BCUT2D eigenvalue weighted by Crippen LogP contribution is 2.27. The number of hydrogen-bond donors (Lipinski definition) is 1. The van der Waals surface area contributed by atoms with Crippen molar-refractivity contribution in [2.75, 3.05) is 18.5 Å². The van der Waals surface area contributed by atoms with E-state index in [0.29, 0.717) is 0 Å². The van der Waals surface area contributed by atoms with E-state index in [0.717, 1.165) is 12.6 Å². The SMILES string of the molecule is CN1CCc2cc(CNC3CC3)ccc21. The van der Waals surface area contributed by atoms with Crippen LogP contribution < -0.4 is 10.2 Å². The van der Waals surface area contributed by atoms with Crippen LogP contribution in [0, 0.1) is 0 Å². The molecule has 0 unspecified atom stereocenters. The zero-order chi connectivity index (χ0) is 10.3. The van der Waals surface area contributed by atoms with Crippen molar-refractivity contribution in [2.45, 2.75) is 31.8 Å². The molecule has 80 valence electrons. The first-order valence-corrected chi connectivity index (χ1v) is 5.89. The van der Waals surface area contributed by atoms with Gasteiger partial charge < -0.3 is 10.2 Å². The van der Waals surface area contributed by atoms with Crippen LogP contribution in [0.1, 0.15) is 24.0 Å². The summed E-state index contributed by atoms with van der Waals surface area (Å²) in [5, 5.41) is 3.56. The molecule has 1 aromatic rings. The molecule has 2 aliphatic rings. The number of rotatable bonds is 3. The molecule has 1 aromatic carbocycles. The van der Waals surface area contributed by atoms with Gasteiger partial charge in [-0.1, -0.05) is 12.1 Å². The lowest BCUT2D eigenvalue weighted by Gasteiger charge is -2.12. The standard InChI is InChI=1S/C13H18N2/c1-15-7-6-11-8-10(2-5-13(11)15)9-14-12-3-4-12/h2,5,8,12,14H,3-4,6-7,9H2,1H3. The van der Waals surface area contributed by atoms with Crippen LogP contribution in [0.25, 0.3) is 0 Å². The molecule has 1 aliphatic heterocycles. The second-order valence-electron chi connectivity index (χ2n) is 4.79. The van der Waals surface area contributed by atoms with E-state index in [-0.39, 0.29) is 0 Å². The third-order valence-electron chi connectivity index (χ3n) is 3.44. The van der Waals surface area contributed by atoms with Gasteiger partial charge in [-0.2, -0.15) is 0 Å². The maximum absolute atomic E-state index is 3.56. The fourth-order valence-electron chi connectivity index (χ4n) is 2.28. The molecule has 1 fully saturated rings. The third kappa shape index (κ3) is 1.86. The van der Waals surface area contributed by atoms with Gasteiger partial charge in [-0.3, -0.25) is 0 Å². The summed E-state index contributed by atoms with van der Waals surface area (Å²) in [5.41, 5.74) is 4.38. The lowest BCUT2D eigenvalue weighted by atomic mass is 10.1.